The average Bonchev–Trinajstić information content (AvgIpc) is 3.35. The van der Waals surface area contributed by atoms with Crippen LogP contribution in [-0.4, -0.2) is 66.1 Å². The summed E-state index contributed by atoms with van der Waals surface area (Å²) in [5.41, 5.74) is 2.29. The third-order valence-corrected chi connectivity index (χ3v) is 6.27. The molecule has 166 valence electrons. The predicted molar refractivity (Wildman–Crippen MR) is 124 cm³/mol. The van der Waals surface area contributed by atoms with Gasteiger partial charge in [-0.2, -0.15) is 5.10 Å². The monoisotopic (exact) mass is 432 g/mol. The summed E-state index contributed by atoms with van der Waals surface area (Å²) in [5, 5.41) is 13.6. The Labute approximate surface area is 184 Å². The second-order valence-electron chi connectivity index (χ2n) is 7.86. The maximum atomic E-state index is 5.75. The number of hydrogen-bond acceptors (Lipinski definition) is 5. The van der Waals surface area contributed by atoms with Crippen molar-refractivity contribution in [2.75, 3.05) is 39.3 Å². The van der Waals surface area contributed by atoms with E-state index in [0.29, 0.717) is 6.04 Å². The van der Waals surface area contributed by atoms with Crippen LogP contribution in [0.1, 0.15) is 42.6 Å². The standard InChI is InChI=1S/C22H36N6OS/c1-5-23-22(24-9-7-10-28-18(3)14-17(2)26-28)25-15-20(21-8-6-13-30-21)27-11-12-29-19(4)16-27/h6,8,13-14,19-20H,5,7,9-12,15-16H2,1-4H3,(H2,23,24,25). The Hall–Kier alpha value is -1.90. The van der Waals surface area contributed by atoms with Crippen molar-refractivity contribution < 1.29 is 4.74 Å². The molecule has 2 atom stereocenters. The van der Waals surface area contributed by atoms with Crippen LogP contribution in [0.4, 0.5) is 0 Å². The number of nitrogens with one attached hydrogen (secondary N) is 2. The molecule has 1 saturated heterocycles. The van der Waals surface area contributed by atoms with Crippen molar-refractivity contribution in [3.05, 3.63) is 39.8 Å². The zero-order valence-corrected chi connectivity index (χ0v) is 19.5. The van der Waals surface area contributed by atoms with Crippen molar-refractivity contribution in [3.8, 4) is 0 Å². The van der Waals surface area contributed by atoms with E-state index in [-0.39, 0.29) is 6.10 Å². The van der Waals surface area contributed by atoms with E-state index in [1.807, 2.05) is 18.3 Å². The van der Waals surface area contributed by atoms with Crippen LogP contribution in [0.5, 0.6) is 0 Å². The van der Waals surface area contributed by atoms with E-state index in [0.717, 1.165) is 63.9 Å². The molecular weight excluding hydrogens is 396 g/mol. The number of thiophene rings is 1. The fraction of sp³-hybridized carbons (Fsp3) is 0.636. The maximum Gasteiger partial charge on any atom is 0.191 e. The minimum atomic E-state index is 0.269. The van der Waals surface area contributed by atoms with Gasteiger partial charge < -0.3 is 15.4 Å². The summed E-state index contributed by atoms with van der Waals surface area (Å²) in [6.07, 6.45) is 1.27. The highest BCUT2D eigenvalue weighted by Gasteiger charge is 2.26. The van der Waals surface area contributed by atoms with Crippen LogP contribution in [-0.2, 0) is 11.3 Å². The SMILES string of the molecule is CCNC(=NCC(c1cccs1)N1CCOC(C)C1)NCCCn1nc(C)cc1C. The van der Waals surface area contributed by atoms with Crippen molar-refractivity contribution in [3.63, 3.8) is 0 Å². The van der Waals surface area contributed by atoms with Crippen molar-refractivity contribution in [2.45, 2.75) is 52.8 Å². The van der Waals surface area contributed by atoms with Gasteiger partial charge in [-0.05, 0) is 51.6 Å². The second kappa shape index (κ2) is 11.5. The minimum absolute atomic E-state index is 0.269. The number of guanidine groups is 1. The fourth-order valence-electron chi connectivity index (χ4n) is 3.85. The Morgan fingerprint density at radius 3 is 2.93 bits per heavy atom. The molecule has 0 spiro atoms. The van der Waals surface area contributed by atoms with Gasteiger partial charge in [0.25, 0.3) is 0 Å². The second-order valence-corrected chi connectivity index (χ2v) is 8.84. The van der Waals surface area contributed by atoms with E-state index in [2.05, 4.69) is 69.7 Å². The van der Waals surface area contributed by atoms with E-state index < -0.39 is 0 Å². The molecule has 2 aromatic rings. The van der Waals surface area contributed by atoms with Crippen LogP contribution in [0.25, 0.3) is 0 Å². The maximum absolute atomic E-state index is 5.75. The van der Waals surface area contributed by atoms with E-state index >= 15 is 0 Å². The number of ether oxygens (including phenoxy) is 1. The first-order valence-electron chi connectivity index (χ1n) is 11.0. The highest BCUT2D eigenvalue weighted by molar-refractivity contribution is 7.10. The van der Waals surface area contributed by atoms with Gasteiger partial charge in [0, 0.05) is 43.3 Å². The van der Waals surface area contributed by atoms with Gasteiger partial charge in [-0.25, -0.2) is 0 Å². The van der Waals surface area contributed by atoms with E-state index in [9.17, 15) is 0 Å². The lowest BCUT2D eigenvalue weighted by atomic mass is 10.1. The van der Waals surface area contributed by atoms with Crippen LogP contribution >= 0.6 is 11.3 Å². The van der Waals surface area contributed by atoms with Crippen molar-refractivity contribution in [1.82, 2.24) is 25.3 Å². The smallest absolute Gasteiger partial charge is 0.191 e. The molecule has 3 heterocycles. The van der Waals surface area contributed by atoms with Crippen LogP contribution in [0.2, 0.25) is 0 Å². The van der Waals surface area contributed by atoms with Crippen molar-refractivity contribution >= 4 is 17.3 Å². The Balaban J connectivity index is 1.57. The highest BCUT2D eigenvalue weighted by Crippen LogP contribution is 2.27. The summed E-state index contributed by atoms with van der Waals surface area (Å²) in [6.45, 7) is 14.5. The normalized spacial score (nSPS) is 19.1. The summed E-state index contributed by atoms with van der Waals surface area (Å²) in [6, 6.07) is 6.76. The number of hydrogen-bond donors (Lipinski definition) is 2. The van der Waals surface area contributed by atoms with Gasteiger partial charge in [0.1, 0.15) is 0 Å². The molecule has 2 N–H and O–H groups in total. The number of aromatic nitrogens is 2. The van der Waals surface area contributed by atoms with Gasteiger partial charge in [0.05, 0.1) is 31.0 Å². The topological polar surface area (TPSA) is 66.7 Å². The molecule has 0 saturated carbocycles. The summed E-state index contributed by atoms with van der Waals surface area (Å²) < 4.78 is 7.82. The molecule has 0 radical (unpaired) electrons. The van der Waals surface area contributed by atoms with Crippen LogP contribution < -0.4 is 10.6 Å². The molecule has 1 fully saturated rings. The molecular formula is C22H36N6OS. The van der Waals surface area contributed by atoms with Gasteiger partial charge in [0.2, 0.25) is 0 Å². The lowest BCUT2D eigenvalue weighted by molar-refractivity contribution is -0.0327. The minimum Gasteiger partial charge on any atom is -0.376 e. The first-order chi connectivity index (χ1) is 14.6. The third kappa shape index (κ3) is 6.55. The van der Waals surface area contributed by atoms with Crippen LogP contribution in [0, 0.1) is 13.8 Å². The first kappa shape index (κ1) is 22.8. The Morgan fingerprint density at radius 2 is 2.27 bits per heavy atom. The number of morpholine rings is 1. The predicted octanol–water partition coefficient (Wildman–Crippen LogP) is 2.97. The summed E-state index contributed by atoms with van der Waals surface area (Å²) in [7, 11) is 0. The van der Waals surface area contributed by atoms with Crippen LogP contribution in [0.3, 0.4) is 0 Å². The highest BCUT2D eigenvalue weighted by atomic mass is 32.1. The number of rotatable bonds is 9. The van der Waals surface area contributed by atoms with E-state index in [1.165, 1.54) is 10.6 Å². The number of aliphatic imine (C=N–C) groups is 1. The number of aryl methyl sites for hydroxylation is 3. The first-order valence-corrected chi connectivity index (χ1v) is 11.9. The molecule has 3 rings (SSSR count). The van der Waals surface area contributed by atoms with Crippen LogP contribution in [0.15, 0.2) is 28.6 Å². The lowest BCUT2D eigenvalue weighted by Gasteiger charge is -2.36. The Kier molecular flexibility index (Phi) is 8.72. The zero-order chi connectivity index (χ0) is 21.3. The van der Waals surface area contributed by atoms with Gasteiger partial charge in [0.15, 0.2) is 5.96 Å². The zero-order valence-electron chi connectivity index (χ0n) is 18.7. The largest absolute Gasteiger partial charge is 0.376 e. The molecule has 8 heteroatoms. The summed E-state index contributed by atoms with van der Waals surface area (Å²) in [5.74, 6) is 0.883. The summed E-state index contributed by atoms with van der Waals surface area (Å²) in [4.78, 5) is 8.81. The molecule has 1 aliphatic heterocycles. The van der Waals surface area contributed by atoms with Crippen molar-refractivity contribution in [2.24, 2.45) is 4.99 Å². The molecule has 7 nitrogen and oxygen atoms in total. The molecule has 1 aliphatic rings. The van der Waals surface area contributed by atoms with Crippen molar-refractivity contribution in [1.29, 1.82) is 0 Å². The van der Waals surface area contributed by atoms with Gasteiger partial charge >= 0.3 is 0 Å². The number of nitrogens with zero attached hydrogens (tertiary/aromatic N) is 4. The van der Waals surface area contributed by atoms with Gasteiger partial charge in [-0.1, -0.05) is 6.07 Å². The Morgan fingerprint density at radius 1 is 1.40 bits per heavy atom. The van der Waals surface area contributed by atoms with E-state index in [1.54, 1.807) is 0 Å². The molecule has 0 aliphatic carbocycles. The van der Waals surface area contributed by atoms with Gasteiger partial charge in [-0.3, -0.25) is 14.6 Å². The molecule has 2 aromatic heterocycles. The summed E-state index contributed by atoms with van der Waals surface area (Å²) >= 11 is 1.81. The average molecular weight is 433 g/mol. The molecule has 0 aromatic carbocycles. The lowest BCUT2D eigenvalue weighted by Crippen LogP contribution is -2.44. The molecule has 2 unspecified atom stereocenters. The quantitative estimate of drug-likeness (QED) is 0.362. The molecule has 0 amide bonds. The van der Waals surface area contributed by atoms with Gasteiger partial charge in [-0.15, -0.1) is 11.3 Å². The third-order valence-electron chi connectivity index (χ3n) is 5.29. The fourth-order valence-corrected chi connectivity index (χ4v) is 4.70. The molecule has 30 heavy (non-hydrogen) atoms. The molecule has 0 bridgehead atoms. The Bertz CT molecular complexity index is 788. The van der Waals surface area contributed by atoms with E-state index in [4.69, 9.17) is 9.73 Å².